The maximum Gasteiger partial charge on any atom is 0.311 e. The summed E-state index contributed by atoms with van der Waals surface area (Å²) >= 11 is 0. The third-order valence-corrected chi connectivity index (χ3v) is 4.77. The van der Waals surface area contributed by atoms with Crippen molar-refractivity contribution in [3.8, 4) is 0 Å². The number of benzene rings is 1. The van der Waals surface area contributed by atoms with Gasteiger partial charge in [-0.05, 0) is 52.0 Å². The van der Waals surface area contributed by atoms with Gasteiger partial charge in [0.15, 0.2) is 0 Å². The predicted molar refractivity (Wildman–Crippen MR) is 94.1 cm³/mol. The summed E-state index contributed by atoms with van der Waals surface area (Å²) in [5.41, 5.74) is 0.842. The van der Waals surface area contributed by atoms with E-state index in [2.05, 4.69) is 43.4 Å². The first-order chi connectivity index (χ1) is 10.8. The monoisotopic (exact) mass is 317 g/mol. The van der Waals surface area contributed by atoms with E-state index in [1.165, 1.54) is 5.56 Å². The molecule has 0 aliphatic heterocycles. The Hall–Kier alpha value is -1.35. The molecule has 128 valence electrons. The minimum absolute atomic E-state index is 0.0367. The lowest BCUT2D eigenvalue weighted by Crippen LogP contribution is -2.43. The molecule has 0 radical (unpaired) electrons. The lowest BCUT2D eigenvalue weighted by atomic mass is 9.93. The fourth-order valence-corrected chi connectivity index (χ4v) is 3.56. The lowest BCUT2D eigenvalue weighted by molar-refractivity contribution is -0.160. The molecule has 3 nitrogen and oxygen atoms in total. The Balaban J connectivity index is 2.09. The van der Waals surface area contributed by atoms with Gasteiger partial charge >= 0.3 is 5.97 Å². The van der Waals surface area contributed by atoms with Crippen LogP contribution in [-0.2, 0) is 9.53 Å². The van der Waals surface area contributed by atoms with Gasteiger partial charge in [0, 0.05) is 12.1 Å². The highest BCUT2D eigenvalue weighted by Crippen LogP contribution is 2.36. The summed E-state index contributed by atoms with van der Waals surface area (Å²) in [6.07, 6.45) is 3.12. The summed E-state index contributed by atoms with van der Waals surface area (Å²) < 4.78 is 5.65. The molecule has 0 heterocycles. The van der Waals surface area contributed by atoms with Gasteiger partial charge in [-0.25, -0.2) is 0 Å². The summed E-state index contributed by atoms with van der Waals surface area (Å²) in [5, 5.41) is 3.71. The van der Waals surface area contributed by atoms with Crippen molar-refractivity contribution < 1.29 is 9.53 Å². The van der Waals surface area contributed by atoms with E-state index in [-0.39, 0.29) is 24.0 Å². The highest BCUT2D eigenvalue weighted by molar-refractivity contribution is 5.74. The van der Waals surface area contributed by atoms with Gasteiger partial charge in [-0.3, -0.25) is 4.79 Å². The molecule has 1 aromatic rings. The number of esters is 1. The predicted octanol–water partition coefficient (Wildman–Crippen LogP) is 4.48. The second-order valence-corrected chi connectivity index (χ2v) is 7.71. The van der Waals surface area contributed by atoms with Crippen molar-refractivity contribution in [2.75, 3.05) is 0 Å². The van der Waals surface area contributed by atoms with Crippen molar-refractivity contribution in [1.82, 2.24) is 5.32 Å². The Morgan fingerprint density at radius 2 is 1.91 bits per heavy atom. The summed E-state index contributed by atoms with van der Waals surface area (Å²) in [4.78, 5) is 12.6. The molecule has 1 saturated carbocycles. The van der Waals surface area contributed by atoms with Crippen LogP contribution in [0.5, 0.6) is 0 Å². The minimum atomic E-state index is -0.420. The third kappa shape index (κ3) is 4.81. The Kier molecular flexibility index (Phi) is 5.85. The van der Waals surface area contributed by atoms with E-state index in [9.17, 15) is 4.79 Å². The largest absolute Gasteiger partial charge is 0.460 e. The van der Waals surface area contributed by atoms with Crippen molar-refractivity contribution in [2.45, 2.75) is 71.6 Å². The van der Waals surface area contributed by atoms with Crippen LogP contribution in [0.4, 0.5) is 0 Å². The first-order valence-corrected chi connectivity index (χ1v) is 8.85. The van der Waals surface area contributed by atoms with Crippen molar-refractivity contribution in [1.29, 1.82) is 0 Å². The molecule has 4 atom stereocenters. The number of nitrogens with one attached hydrogen (secondary N) is 1. The van der Waals surface area contributed by atoms with Gasteiger partial charge in [0.25, 0.3) is 0 Å². The summed E-state index contributed by atoms with van der Waals surface area (Å²) in [6.45, 7) is 10.2. The van der Waals surface area contributed by atoms with Gasteiger partial charge in [0.1, 0.15) is 5.60 Å². The molecular formula is C20H31NO2. The highest BCUT2D eigenvalue weighted by atomic mass is 16.6. The van der Waals surface area contributed by atoms with Gasteiger partial charge in [0.2, 0.25) is 0 Å². The van der Waals surface area contributed by atoms with Gasteiger partial charge in [-0.2, -0.15) is 0 Å². The van der Waals surface area contributed by atoms with Crippen LogP contribution in [-0.4, -0.2) is 17.6 Å². The fraction of sp³-hybridized carbons (Fsp3) is 0.650. The van der Waals surface area contributed by atoms with E-state index >= 15 is 0 Å². The van der Waals surface area contributed by atoms with Crippen LogP contribution in [0.1, 0.15) is 65.5 Å². The molecular weight excluding hydrogens is 286 g/mol. The van der Waals surface area contributed by atoms with Crippen LogP contribution in [0, 0.1) is 11.8 Å². The molecule has 1 aromatic carbocycles. The van der Waals surface area contributed by atoms with Gasteiger partial charge in [0.05, 0.1) is 5.92 Å². The topological polar surface area (TPSA) is 38.3 Å². The van der Waals surface area contributed by atoms with Crippen molar-refractivity contribution in [2.24, 2.45) is 11.8 Å². The number of hydrogen-bond donors (Lipinski definition) is 1. The molecule has 0 unspecified atom stereocenters. The van der Waals surface area contributed by atoms with Crippen molar-refractivity contribution >= 4 is 5.97 Å². The molecule has 2 rings (SSSR count). The van der Waals surface area contributed by atoms with Crippen LogP contribution < -0.4 is 5.32 Å². The molecule has 23 heavy (non-hydrogen) atoms. The standard InChI is InChI=1S/C20H31NO2/c1-6-15-12-13-17(19(22)23-20(3,4)5)18(15)21-14(2)16-10-8-7-9-11-16/h7-11,14-15,17-18,21H,6,12-13H2,1-5H3/t14-,15+,17+,18-/m0/s1. The smallest absolute Gasteiger partial charge is 0.311 e. The summed E-state index contributed by atoms with van der Waals surface area (Å²) in [6, 6.07) is 10.9. The van der Waals surface area contributed by atoms with Crippen LogP contribution in [0.25, 0.3) is 0 Å². The van der Waals surface area contributed by atoms with Crippen LogP contribution in [0.15, 0.2) is 30.3 Å². The average molecular weight is 317 g/mol. The Bertz CT molecular complexity index is 506. The molecule has 1 aliphatic rings. The zero-order valence-electron chi connectivity index (χ0n) is 15.1. The zero-order valence-corrected chi connectivity index (χ0v) is 15.1. The number of carbonyl (C=O) groups is 1. The lowest BCUT2D eigenvalue weighted by Gasteiger charge is -2.30. The SMILES string of the molecule is CC[C@@H]1CC[C@@H](C(=O)OC(C)(C)C)[C@H]1N[C@@H](C)c1ccccc1. The van der Waals surface area contributed by atoms with E-state index < -0.39 is 5.60 Å². The number of hydrogen-bond acceptors (Lipinski definition) is 3. The fourth-order valence-electron chi connectivity index (χ4n) is 3.56. The van der Waals surface area contributed by atoms with Crippen LogP contribution in [0.2, 0.25) is 0 Å². The first kappa shape index (κ1) is 18.0. The summed E-state index contributed by atoms with van der Waals surface area (Å²) in [7, 11) is 0. The molecule has 3 heteroatoms. The van der Waals surface area contributed by atoms with Gasteiger partial charge in [-0.1, -0.05) is 43.7 Å². The number of carbonyl (C=O) groups excluding carboxylic acids is 1. The second kappa shape index (κ2) is 7.48. The molecule has 0 spiro atoms. The zero-order chi connectivity index (χ0) is 17.0. The minimum Gasteiger partial charge on any atom is -0.460 e. The molecule has 0 bridgehead atoms. The van der Waals surface area contributed by atoms with E-state index in [1.807, 2.05) is 26.8 Å². The van der Waals surface area contributed by atoms with Crippen LogP contribution >= 0.6 is 0 Å². The van der Waals surface area contributed by atoms with E-state index in [1.54, 1.807) is 0 Å². The number of ether oxygens (including phenoxy) is 1. The maximum absolute atomic E-state index is 12.6. The molecule has 0 amide bonds. The Morgan fingerprint density at radius 1 is 1.26 bits per heavy atom. The first-order valence-electron chi connectivity index (χ1n) is 8.85. The maximum atomic E-state index is 12.6. The molecule has 1 aliphatic carbocycles. The normalized spacial score (nSPS) is 26.0. The van der Waals surface area contributed by atoms with Crippen molar-refractivity contribution in [3.05, 3.63) is 35.9 Å². The van der Waals surface area contributed by atoms with Gasteiger partial charge in [-0.15, -0.1) is 0 Å². The van der Waals surface area contributed by atoms with Crippen molar-refractivity contribution in [3.63, 3.8) is 0 Å². The van der Waals surface area contributed by atoms with E-state index in [0.717, 1.165) is 19.3 Å². The third-order valence-electron chi connectivity index (χ3n) is 4.77. The van der Waals surface area contributed by atoms with E-state index in [4.69, 9.17) is 4.74 Å². The van der Waals surface area contributed by atoms with E-state index in [0.29, 0.717) is 5.92 Å². The second-order valence-electron chi connectivity index (χ2n) is 7.71. The summed E-state index contributed by atoms with van der Waals surface area (Å²) in [5.74, 6) is 0.454. The average Bonchev–Trinajstić information content (AvgIpc) is 2.89. The Morgan fingerprint density at radius 3 is 2.48 bits per heavy atom. The van der Waals surface area contributed by atoms with Gasteiger partial charge < -0.3 is 10.1 Å². The molecule has 0 saturated heterocycles. The highest BCUT2D eigenvalue weighted by Gasteiger charge is 2.41. The van der Waals surface area contributed by atoms with Crippen LogP contribution in [0.3, 0.4) is 0 Å². The molecule has 1 fully saturated rings. The molecule has 0 aromatic heterocycles. The Labute approximate surface area is 140 Å². The number of rotatable bonds is 5. The molecule has 1 N–H and O–H groups in total. The quantitative estimate of drug-likeness (QED) is 0.814.